The third-order valence-corrected chi connectivity index (χ3v) is 8.64. The van der Waals surface area contributed by atoms with Crippen LogP contribution in [0.4, 0.5) is 5.69 Å². The number of hydrogen-bond acceptors (Lipinski definition) is 5. The first-order chi connectivity index (χ1) is 18.0. The largest absolute Gasteiger partial charge is 0.355 e. The van der Waals surface area contributed by atoms with Crippen LogP contribution in [0.1, 0.15) is 53.7 Å². The molecule has 1 aliphatic heterocycles. The van der Waals surface area contributed by atoms with Crippen molar-refractivity contribution in [1.82, 2.24) is 20.3 Å². The Bertz CT molecular complexity index is 1230. The number of carbonyl (C=O) groups is 2. The number of carbonyl (C=O) groups excluding carboxylic acids is 2. The highest BCUT2D eigenvalue weighted by atomic mass is 32.2. The zero-order chi connectivity index (χ0) is 27.9. The SMILES string of the molecule is CCNC(=O)[C@H](C)NC[C@@H]1Cc2cccc(c2)CCCCc2cc(cc(N(C)S(=O)(=O)N(C)C)c2)C(=O)N1. The highest BCUT2D eigenvalue weighted by molar-refractivity contribution is 7.90. The van der Waals surface area contributed by atoms with Crippen molar-refractivity contribution in [2.75, 3.05) is 38.5 Å². The first kappa shape index (κ1) is 29.6. The molecular formula is C28H41N5O4S. The number of benzene rings is 2. The standard InChI is InChI=1S/C28H41N5O4S/c1-6-29-27(34)20(2)30-19-25-16-22-13-9-12-21(14-22)10-7-8-11-23-15-24(28(35)31-25)18-26(17-23)33(5)38(36,37)32(3)4/h9,12-15,17-18,20,25,30H,6-8,10-11,16,19H2,1-5H3,(H,29,34)(H,31,35)/t20-,25-/m0/s1. The van der Waals surface area contributed by atoms with Gasteiger partial charge < -0.3 is 16.0 Å². The van der Waals surface area contributed by atoms with E-state index in [9.17, 15) is 18.0 Å². The zero-order valence-corrected chi connectivity index (χ0v) is 23.9. The number of nitrogens with zero attached hydrogens (tertiary/aromatic N) is 2. The molecule has 10 heteroatoms. The second kappa shape index (κ2) is 13.2. The molecule has 208 valence electrons. The molecule has 0 saturated carbocycles. The number of amides is 2. The smallest absolute Gasteiger partial charge is 0.303 e. The second-order valence-corrected chi connectivity index (χ2v) is 12.2. The Labute approximate surface area is 227 Å². The molecule has 2 aromatic rings. The summed E-state index contributed by atoms with van der Waals surface area (Å²) in [7, 11) is 0.747. The average Bonchev–Trinajstić information content (AvgIpc) is 2.88. The van der Waals surface area contributed by atoms with Crippen molar-refractivity contribution in [3.05, 3.63) is 64.7 Å². The van der Waals surface area contributed by atoms with E-state index in [0.717, 1.165) is 41.1 Å². The van der Waals surface area contributed by atoms with Crippen molar-refractivity contribution in [2.24, 2.45) is 0 Å². The number of fused-ring (bicyclic) bond motifs is 4. The summed E-state index contributed by atoms with van der Waals surface area (Å²) < 4.78 is 28.0. The summed E-state index contributed by atoms with van der Waals surface area (Å²) in [6.07, 6.45) is 4.17. The Kier molecular flexibility index (Phi) is 10.3. The van der Waals surface area contributed by atoms with Gasteiger partial charge in [-0.1, -0.05) is 24.3 Å². The van der Waals surface area contributed by atoms with Gasteiger partial charge >= 0.3 is 10.2 Å². The number of aryl methyl sites for hydroxylation is 2. The van der Waals surface area contributed by atoms with Gasteiger partial charge in [-0.15, -0.1) is 0 Å². The van der Waals surface area contributed by atoms with Gasteiger partial charge in [0.1, 0.15) is 0 Å². The molecular weight excluding hydrogens is 502 g/mol. The Morgan fingerprint density at radius 3 is 2.42 bits per heavy atom. The van der Waals surface area contributed by atoms with E-state index in [4.69, 9.17) is 0 Å². The summed E-state index contributed by atoms with van der Waals surface area (Å²) in [5.41, 5.74) is 4.13. The molecule has 38 heavy (non-hydrogen) atoms. The van der Waals surface area contributed by atoms with Crippen molar-refractivity contribution < 1.29 is 18.0 Å². The maximum Gasteiger partial charge on any atom is 0.303 e. The molecule has 0 unspecified atom stereocenters. The Balaban J connectivity index is 1.94. The Morgan fingerprint density at radius 2 is 1.74 bits per heavy atom. The van der Waals surface area contributed by atoms with Gasteiger partial charge in [-0.3, -0.25) is 13.9 Å². The van der Waals surface area contributed by atoms with Crippen molar-refractivity contribution in [3.8, 4) is 0 Å². The number of anilines is 1. The summed E-state index contributed by atoms with van der Waals surface area (Å²) in [6.45, 7) is 4.62. The third kappa shape index (κ3) is 7.78. The minimum absolute atomic E-state index is 0.0933. The van der Waals surface area contributed by atoms with Crippen LogP contribution >= 0.6 is 0 Å². The minimum Gasteiger partial charge on any atom is -0.355 e. The predicted octanol–water partition coefficient (Wildman–Crippen LogP) is 2.26. The van der Waals surface area contributed by atoms with Gasteiger partial charge in [0.2, 0.25) is 5.91 Å². The molecule has 0 radical (unpaired) electrons. The van der Waals surface area contributed by atoms with Crippen LogP contribution in [-0.2, 0) is 34.3 Å². The van der Waals surface area contributed by atoms with Gasteiger partial charge in [0, 0.05) is 45.8 Å². The van der Waals surface area contributed by atoms with Crippen LogP contribution in [0.15, 0.2) is 42.5 Å². The third-order valence-electron chi connectivity index (χ3n) is 6.82. The lowest BCUT2D eigenvalue weighted by Crippen LogP contribution is -2.49. The van der Waals surface area contributed by atoms with E-state index in [1.807, 2.05) is 19.1 Å². The minimum atomic E-state index is -3.71. The van der Waals surface area contributed by atoms with Crippen LogP contribution < -0.4 is 20.3 Å². The lowest BCUT2D eigenvalue weighted by atomic mass is 9.97. The number of hydrogen-bond donors (Lipinski definition) is 3. The molecule has 0 spiro atoms. The molecule has 3 rings (SSSR count). The van der Waals surface area contributed by atoms with E-state index < -0.39 is 16.3 Å². The average molecular weight is 544 g/mol. The number of nitrogens with one attached hydrogen (secondary N) is 3. The van der Waals surface area contributed by atoms with Crippen LogP contribution in [-0.4, -0.2) is 70.9 Å². The predicted molar refractivity (Wildman–Crippen MR) is 152 cm³/mol. The molecule has 0 aromatic heterocycles. The van der Waals surface area contributed by atoms with E-state index in [1.165, 1.54) is 31.0 Å². The van der Waals surface area contributed by atoms with E-state index in [1.54, 1.807) is 13.0 Å². The topological polar surface area (TPSA) is 111 Å². The molecule has 1 heterocycles. The van der Waals surface area contributed by atoms with Crippen molar-refractivity contribution in [2.45, 2.75) is 58.0 Å². The van der Waals surface area contributed by atoms with Crippen LogP contribution in [0.3, 0.4) is 0 Å². The maximum atomic E-state index is 13.5. The molecule has 2 amide bonds. The lowest BCUT2D eigenvalue weighted by Gasteiger charge is -2.25. The quantitative estimate of drug-likeness (QED) is 0.473. The van der Waals surface area contributed by atoms with Gasteiger partial charge in [0.25, 0.3) is 5.91 Å². The Hall–Kier alpha value is -2.95. The van der Waals surface area contributed by atoms with E-state index >= 15 is 0 Å². The molecule has 4 bridgehead atoms. The molecule has 0 fully saturated rings. The molecule has 2 atom stereocenters. The molecule has 3 N–H and O–H groups in total. The first-order valence-corrected chi connectivity index (χ1v) is 14.6. The van der Waals surface area contributed by atoms with Crippen LogP contribution in [0.25, 0.3) is 0 Å². The van der Waals surface area contributed by atoms with Crippen LogP contribution in [0, 0.1) is 0 Å². The number of rotatable bonds is 8. The zero-order valence-electron chi connectivity index (χ0n) is 23.1. The fraction of sp³-hybridized carbons (Fsp3) is 0.500. The molecule has 9 nitrogen and oxygen atoms in total. The van der Waals surface area contributed by atoms with Crippen LogP contribution in [0.2, 0.25) is 0 Å². The fourth-order valence-corrected chi connectivity index (χ4v) is 5.41. The normalized spacial score (nSPS) is 17.3. The van der Waals surface area contributed by atoms with Gasteiger partial charge in [-0.25, -0.2) is 0 Å². The first-order valence-electron chi connectivity index (χ1n) is 13.2. The molecule has 0 aliphatic carbocycles. The van der Waals surface area contributed by atoms with Crippen LogP contribution in [0.5, 0.6) is 0 Å². The molecule has 2 aromatic carbocycles. The summed E-state index contributed by atoms with van der Waals surface area (Å²) in [5, 5.41) is 9.19. The van der Waals surface area contributed by atoms with E-state index in [0.29, 0.717) is 30.8 Å². The van der Waals surface area contributed by atoms with Crippen molar-refractivity contribution >= 4 is 27.7 Å². The summed E-state index contributed by atoms with van der Waals surface area (Å²) >= 11 is 0. The Morgan fingerprint density at radius 1 is 1.05 bits per heavy atom. The second-order valence-electron chi connectivity index (χ2n) is 10.1. The van der Waals surface area contributed by atoms with E-state index in [2.05, 4.69) is 40.2 Å². The van der Waals surface area contributed by atoms with Crippen molar-refractivity contribution in [1.29, 1.82) is 0 Å². The lowest BCUT2D eigenvalue weighted by molar-refractivity contribution is -0.122. The van der Waals surface area contributed by atoms with Crippen molar-refractivity contribution in [3.63, 3.8) is 0 Å². The highest BCUT2D eigenvalue weighted by Gasteiger charge is 2.24. The van der Waals surface area contributed by atoms with Gasteiger partial charge in [0.05, 0.1) is 11.7 Å². The summed E-state index contributed by atoms with van der Waals surface area (Å²) in [6, 6.07) is 13.0. The monoisotopic (exact) mass is 543 g/mol. The van der Waals surface area contributed by atoms with Gasteiger partial charge in [0.15, 0.2) is 0 Å². The van der Waals surface area contributed by atoms with Gasteiger partial charge in [-0.05, 0) is 80.8 Å². The summed E-state index contributed by atoms with van der Waals surface area (Å²) in [4.78, 5) is 25.8. The maximum absolute atomic E-state index is 13.5. The highest BCUT2D eigenvalue weighted by Crippen LogP contribution is 2.24. The summed E-state index contributed by atoms with van der Waals surface area (Å²) in [5.74, 6) is -0.376. The van der Waals surface area contributed by atoms with E-state index in [-0.39, 0.29) is 17.9 Å². The molecule has 0 saturated heterocycles. The van der Waals surface area contributed by atoms with Gasteiger partial charge in [-0.2, -0.15) is 12.7 Å². The fourth-order valence-electron chi connectivity index (χ4n) is 4.55. The molecule has 1 aliphatic rings. The number of likely N-dealkylation sites (N-methyl/N-ethyl adjacent to an activating group) is 1.